The molecule has 2 saturated carbocycles. The summed E-state index contributed by atoms with van der Waals surface area (Å²) >= 11 is 3.07. The zero-order valence-electron chi connectivity index (χ0n) is 18.3. The number of hydrogen-bond acceptors (Lipinski definition) is 4. The highest BCUT2D eigenvalue weighted by atomic mass is 32.2. The van der Waals surface area contributed by atoms with E-state index in [0.29, 0.717) is 23.0 Å². The van der Waals surface area contributed by atoms with Crippen LogP contribution in [-0.4, -0.2) is 15.7 Å². The summed E-state index contributed by atoms with van der Waals surface area (Å²) in [5.74, 6) is 1.45. The Hall–Kier alpha value is -2.38. The van der Waals surface area contributed by atoms with Crippen molar-refractivity contribution in [3.63, 3.8) is 0 Å². The molecule has 1 N–H and O–H groups in total. The molecule has 7 heteroatoms. The highest BCUT2D eigenvalue weighted by molar-refractivity contribution is 8.00. The van der Waals surface area contributed by atoms with Gasteiger partial charge in [-0.1, -0.05) is 35.6 Å². The molecule has 3 aliphatic rings. The van der Waals surface area contributed by atoms with Crippen molar-refractivity contribution in [2.45, 2.75) is 48.9 Å². The Morgan fingerprint density at radius 3 is 2.73 bits per heavy atom. The molecule has 2 fully saturated rings. The molecule has 0 saturated heterocycles. The van der Waals surface area contributed by atoms with Gasteiger partial charge in [-0.2, -0.15) is 0 Å². The molecule has 6 rings (SSSR count). The number of nitrogens with zero attached hydrogens (tertiary/aromatic N) is 1. The molecule has 1 aliphatic heterocycles. The SMILES string of the molecule is Cc1cccc(NC(=O)Cn2c3c(sc2=O)[C@H](c2ccc(F)cc2)C2C4CCC(C4)C2S3)c1. The van der Waals surface area contributed by atoms with Gasteiger partial charge < -0.3 is 5.32 Å². The van der Waals surface area contributed by atoms with E-state index in [1.165, 1.54) is 42.7 Å². The second-order valence-electron chi connectivity index (χ2n) is 9.56. The Labute approximate surface area is 200 Å². The van der Waals surface area contributed by atoms with Crippen molar-refractivity contribution in [2.75, 3.05) is 5.32 Å². The lowest BCUT2D eigenvalue weighted by molar-refractivity contribution is -0.116. The number of carbonyl (C=O) groups excluding carboxylic acids is 1. The number of amides is 1. The van der Waals surface area contributed by atoms with Crippen LogP contribution < -0.4 is 10.2 Å². The number of halogens is 1. The number of aryl methyl sites for hydroxylation is 1. The number of benzene rings is 2. The maximum absolute atomic E-state index is 13.7. The van der Waals surface area contributed by atoms with Gasteiger partial charge in [-0.3, -0.25) is 14.2 Å². The topological polar surface area (TPSA) is 51.1 Å². The Kier molecular flexibility index (Phi) is 5.22. The van der Waals surface area contributed by atoms with Crippen LogP contribution in [0.2, 0.25) is 0 Å². The minimum absolute atomic E-state index is 0.00717. The summed E-state index contributed by atoms with van der Waals surface area (Å²) in [7, 11) is 0. The van der Waals surface area contributed by atoms with Crippen molar-refractivity contribution in [3.8, 4) is 0 Å². The number of aromatic nitrogens is 1. The van der Waals surface area contributed by atoms with Crippen LogP contribution >= 0.6 is 23.1 Å². The van der Waals surface area contributed by atoms with Crippen molar-refractivity contribution in [3.05, 3.63) is 80.0 Å². The molecule has 4 nitrogen and oxygen atoms in total. The van der Waals surface area contributed by atoms with Crippen LogP contribution in [-0.2, 0) is 11.3 Å². The van der Waals surface area contributed by atoms with Gasteiger partial charge in [0.25, 0.3) is 0 Å². The fourth-order valence-electron chi connectivity index (χ4n) is 6.20. The number of hydrogen-bond donors (Lipinski definition) is 1. The molecule has 1 amide bonds. The number of carbonyl (C=O) groups is 1. The predicted molar refractivity (Wildman–Crippen MR) is 131 cm³/mol. The third-order valence-electron chi connectivity index (χ3n) is 7.52. The highest BCUT2D eigenvalue weighted by Crippen LogP contribution is 2.63. The van der Waals surface area contributed by atoms with Crippen molar-refractivity contribution in [1.29, 1.82) is 0 Å². The van der Waals surface area contributed by atoms with Gasteiger partial charge in [-0.15, -0.1) is 11.8 Å². The zero-order valence-corrected chi connectivity index (χ0v) is 19.9. The molecule has 2 aromatic carbocycles. The molecular weight excluding hydrogens is 455 g/mol. The largest absolute Gasteiger partial charge is 0.325 e. The lowest BCUT2D eigenvalue weighted by atomic mass is 9.75. The minimum Gasteiger partial charge on any atom is -0.325 e. The van der Waals surface area contributed by atoms with E-state index in [9.17, 15) is 14.0 Å². The second-order valence-corrected chi connectivity index (χ2v) is 11.7. The average molecular weight is 481 g/mol. The molecular formula is C26H25FN2O2S2. The Morgan fingerprint density at radius 2 is 1.94 bits per heavy atom. The summed E-state index contributed by atoms with van der Waals surface area (Å²) in [5, 5.41) is 4.32. The lowest BCUT2D eigenvalue weighted by Gasteiger charge is -2.40. The summed E-state index contributed by atoms with van der Waals surface area (Å²) in [6.45, 7) is 1.99. The van der Waals surface area contributed by atoms with Gasteiger partial charge >= 0.3 is 4.87 Å². The van der Waals surface area contributed by atoms with Gasteiger partial charge in [0.15, 0.2) is 0 Å². The quantitative estimate of drug-likeness (QED) is 0.525. The molecule has 3 aromatic rings. The minimum atomic E-state index is -0.243. The van der Waals surface area contributed by atoms with Crippen molar-refractivity contribution < 1.29 is 9.18 Å². The molecule has 4 unspecified atom stereocenters. The van der Waals surface area contributed by atoms with Crippen LogP contribution in [0.15, 0.2) is 58.4 Å². The van der Waals surface area contributed by atoms with Crippen molar-refractivity contribution in [2.24, 2.45) is 17.8 Å². The number of nitrogens with one attached hydrogen (secondary N) is 1. The average Bonchev–Trinajstić information content (AvgIpc) is 3.48. The fraction of sp³-hybridized carbons (Fsp3) is 0.385. The molecule has 0 radical (unpaired) electrons. The number of rotatable bonds is 4. The molecule has 170 valence electrons. The molecule has 5 atom stereocenters. The first-order valence-electron chi connectivity index (χ1n) is 11.5. The Morgan fingerprint density at radius 1 is 1.15 bits per heavy atom. The molecule has 0 spiro atoms. The first-order valence-corrected chi connectivity index (χ1v) is 13.2. The van der Waals surface area contributed by atoms with Crippen LogP contribution in [0.4, 0.5) is 10.1 Å². The predicted octanol–water partition coefficient (Wildman–Crippen LogP) is 5.65. The molecule has 33 heavy (non-hydrogen) atoms. The Bertz CT molecular complexity index is 1280. The van der Waals surface area contributed by atoms with Crippen molar-refractivity contribution >= 4 is 34.7 Å². The standard InChI is InChI=1S/C26H25FN2O2S2/c1-14-3-2-4-19(11-14)28-20(30)13-29-25-24(33-26(29)31)21(15-7-9-18(27)10-8-15)22-16-5-6-17(12-16)23(22)32-25/h2-4,7-11,16-17,21-23H,5-6,12-13H2,1H3,(H,28,30)/t16?,17?,21-,22?,23?/m1/s1. The van der Waals surface area contributed by atoms with Gasteiger partial charge in [-0.25, -0.2) is 4.39 Å². The third kappa shape index (κ3) is 3.66. The lowest BCUT2D eigenvalue weighted by Crippen LogP contribution is -2.34. The summed E-state index contributed by atoms with van der Waals surface area (Å²) in [6, 6.07) is 14.5. The van der Waals surface area contributed by atoms with E-state index in [4.69, 9.17) is 0 Å². The number of anilines is 1. The van der Waals surface area contributed by atoms with E-state index in [-0.39, 0.29) is 29.1 Å². The summed E-state index contributed by atoms with van der Waals surface area (Å²) in [6.07, 6.45) is 3.73. The summed E-state index contributed by atoms with van der Waals surface area (Å²) in [5.41, 5.74) is 2.89. The maximum Gasteiger partial charge on any atom is 0.308 e. The van der Waals surface area contributed by atoms with E-state index in [1.54, 1.807) is 4.57 Å². The second kappa shape index (κ2) is 8.13. The molecule has 2 bridgehead atoms. The fourth-order valence-corrected chi connectivity index (χ4v) is 9.35. The summed E-state index contributed by atoms with van der Waals surface area (Å²) < 4.78 is 15.3. The van der Waals surface area contributed by atoms with Gasteiger partial charge in [0.05, 0.1) is 5.03 Å². The van der Waals surface area contributed by atoms with Crippen LogP contribution in [0, 0.1) is 30.5 Å². The van der Waals surface area contributed by atoms with Crippen LogP contribution in [0.25, 0.3) is 0 Å². The van der Waals surface area contributed by atoms with Gasteiger partial charge in [0.2, 0.25) is 5.91 Å². The highest BCUT2D eigenvalue weighted by Gasteiger charge is 2.55. The van der Waals surface area contributed by atoms with Gasteiger partial charge in [-0.05, 0) is 79.3 Å². The van der Waals surface area contributed by atoms with E-state index in [0.717, 1.165) is 26.7 Å². The van der Waals surface area contributed by atoms with Gasteiger partial charge in [0.1, 0.15) is 12.4 Å². The van der Waals surface area contributed by atoms with Crippen LogP contribution in [0.3, 0.4) is 0 Å². The monoisotopic (exact) mass is 480 g/mol. The number of fused-ring (bicyclic) bond motifs is 6. The normalized spacial score (nSPS) is 27.3. The maximum atomic E-state index is 13.7. The molecule has 1 aromatic heterocycles. The molecule has 2 aliphatic carbocycles. The van der Waals surface area contributed by atoms with E-state index in [2.05, 4.69) is 5.32 Å². The van der Waals surface area contributed by atoms with Crippen molar-refractivity contribution in [1.82, 2.24) is 4.57 Å². The number of thiazole rings is 1. The first-order chi connectivity index (χ1) is 16.0. The molecule has 2 heterocycles. The third-order valence-corrected chi connectivity index (χ3v) is 10.3. The first kappa shape index (κ1) is 21.2. The van der Waals surface area contributed by atoms with E-state index >= 15 is 0 Å². The van der Waals surface area contributed by atoms with Crippen LogP contribution in [0.1, 0.15) is 41.2 Å². The van der Waals surface area contributed by atoms with E-state index in [1.807, 2.05) is 55.1 Å². The zero-order chi connectivity index (χ0) is 22.7. The number of thioether (sulfide) groups is 1. The summed E-state index contributed by atoms with van der Waals surface area (Å²) in [4.78, 5) is 26.9. The van der Waals surface area contributed by atoms with Crippen LogP contribution in [0.5, 0.6) is 0 Å². The smallest absolute Gasteiger partial charge is 0.308 e. The Balaban J connectivity index is 1.37. The van der Waals surface area contributed by atoms with E-state index < -0.39 is 0 Å². The van der Waals surface area contributed by atoms with Gasteiger partial charge in [0, 0.05) is 21.7 Å².